The van der Waals surface area contributed by atoms with Crippen molar-refractivity contribution >= 4 is 67.9 Å². The third kappa shape index (κ3) is 5.13. The number of halogens is 2. The highest BCUT2D eigenvalue weighted by molar-refractivity contribution is 9.10. The maximum atomic E-state index is 13.4. The summed E-state index contributed by atoms with van der Waals surface area (Å²) in [6.07, 6.45) is 1.40. The van der Waals surface area contributed by atoms with Crippen LogP contribution in [-0.2, 0) is 16.2 Å². The quantitative estimate of drug-likeness (QED) is 0.193. The van der Waals surface area contributed by atoms with Crippen LogP contribution in [0.15, 0.2) is 82.8 Å². The molecule has 39 heavy (non-hydrogen) atoms. The molecule has 4 aromatic rings. The fourth-order valence-corrected chi connectivity index (χ4v) is 5.16. The molecule has 0 unspecified atom stereocenters. The van der Waals surface area contributed by atoms with Gasteiger partial charge in [-0.1, -0.05) is 60.1 Å². The highest BCUT2D eigenvalue weighted by Gasteiger charge is 2.37. The lowest BCUT2D eigenvalue weighted by Crippen LogP contribution is -2.54. The monoisotopic (exact) mass is 604 g/mol. The first-order valence-corrected chi connectivity index (χ1v) is 13.1. The minimum Gasteiger partial charge on any atom is -0.493 e. The Morgan fingerprint density at radius 3 is 2.54 bits per heavy atom. The largest absolute Gasteiger partial charge is 0.493 e. The number of urea groups is 1. The van der Waals surface area contributed by atoms with Crippen LogP contribution >= 0.6 is 27.5 Å². The molecule has 0 spiro atoms. The van der Waals surface area contributed by atoms with Crippen LogP contribution in [-0.4, -0.2) is 25.0 Å². The molecule has 4 aromatic carbocycles. The standard InChI is InChI=1S/C30H22BrClN2O5/c1-17-24(32)11-6-12-25(17)34-29(36)22(28(35)33-30(34)37)13-18-14-23(31)27(26(15-18)38-2)39-16-20-9-5-8-19-7-3-4-10-21(19)20/h3-15H,16H2,1-2H3,(H,33,35,37). The van der Waals surface area contributed by atoms with Gasteiger partial charge in [-0.05, 0) is 80.7 Å². The molecule has 0 radical (unpaired) electrons. The number of nitrogens with one attached hydrogen (secondary N) is 1. The van der Waals surface area contributed by atoms with Crippen molar-refractivity contribution in [2.75, 3.05) is 12.0 Å². The van der Waals surface area contributed by atoms with Crippen LogP contribution in [0.1, 0.15) is 16.7 Å². The van der Waals surface area contributed by atoms with E-state index < -0.39 is 17.8 Å². The predicted octanol–water partition coefficient (Wildman–Crippen LogP) is 6.82. The molecule has 196 valence electrons. The molecule has 0 bridgehead atoms. The van der Waals surface area contributed by atoms with E-state index in [9.17, 15) is 14.4 Å². The Labute approximate surface area is 238 Å². The second-order valence-electron chi connectivity index (χ2n) is 8.80. The number of barbiturate groups is 1. The van der Waals surface area contributed by atoms with Crippen LogP contribution in [0.4, 0.5) is 10.5 Å². The van der Waals surface area contributed by atoms with E-state index in [0.29, 0.717) is 44.4 Å². The molecule has 1 aliphatic rings. The first-order chi connectivity index (χ1) is 18.8. The zero-order chi connectivity index (χ0) is 27.7. The molecule has 1 N–H and O–H groups in total. The third-order valence-electron chi connectivity index (χ3n) is 6.40. The molecule has 7 nitrogen and oxygen atoms in total. The van der Waals surface area contributed by atoms with Gasteiger partial charge in [0.05, 0.1) is 17.3 Å². The summed E-state index contributed by atoms with van der Waals surface area (Å²) in [7, 11) is 1.50. The van der Waals surface area contributed by atoms with Crippen LogP contribution in [0.2, 0.25) is 5.02 Å². The number of amides is 4. The van der Waals surface area contributed by atoms with Gasteiger partial charge in [0.15, 0.2) is 11.5 Å². The van der Waals surface area contributed by atoms with Gasteiger partial charge in [0, 0.05) is 5.02 Å². The van der Waals surface area contributed by atoms with Crippen molar-refractivity contribution in [2.24, 2.45) is 0 Å². The highest BCUT2D eigenvalue weighted by atomic mass is 79.9. The number of nitrogens with zero attached hydrogens (tertiary/aromatic N) is 1. The number of fused-ring (bicyclic) bond motifs is 1. The summed E-state index contributed by atoms with van der Waals surface area (Å²) in [4.78, 5) is 39.5. The fourth-order valence-electron chi connectivity index (χ4n) is 4.41. The summed E-state index contributed by atoms with van der Waals surface area (Å²) in [6.45, 7) is 1.99. The Balaban J connectivity index is 1.46. The molecule has 0 atom stereocenters. The summed E-state index contributed by atoms with van der Waals surface area (Å²) in [5, 5.41) is 4.83. The minimum atomic E-state index is -0.844. The number of methoxy groups -OCH3 is 1. The molecule has 0 aliphatic carbocycles. The molecule has 1 aliphatic heterocycles. The van der Waals surface area contributed by atoms with E-state index in [4.69, 9.17) is 21.1 Å². The van der Waals surface area contributed by atoms with Crippen LogP contribution in [0, 0.1) is 6.92 Å². The molecule has 1 fully saturated rings. The van der Waals surface area contributed by atoms with E-state index in [1.54, 1.807) is 37.3 Å². The number of anilines is 1. The number of imide groups is 2. The molecule has 9 heteroatoms. The van der Waals surface area contributed by atoms with Crippen LogP contribution in [0.5, 0.6) is 11.5 Å². The number of hydrogen-bond acceptors (Lipinski definition) is 5. The van der Waals surface area contributed by atoms with Gasteiger partial charge in [-0.3, -0.25) is 14.9 Å². The van der Waals surface area contributed by atoms with Gasteiger partial charge in [0.25, 0.3) is 11.8 Å². The van der Waals surface area contributed by atoms with E-state index >= 15 is 0 Å². The Morgan fingerprint density at radius 1 is 1.00 bits per heavy atom. The maximum absolute atomic E-state index is 13.4. The molecular weight excluding hydrogens is 584 g/mol. The lowest BCUT2D eigenvalue weighted by Gasteiger charge is -2.27. The summed E-state index contributed by atoms with van der Waals surface area (Å²) < 4.78 is 12.3. The summed E-state index contributed by atoms with van der Waals surface area (Å²) in [5.41, 5.74) is 2.12. The molecular formula is C30H22BrClN2O5. The van der Waals surface area contributed by atoms with E-state index in [1.165, 1.54) is 13.2 Å². The molecule has 0 aromatic heterocycles. The van der Waals surface area contributed by atoms with Crippen molar-refractivity contribution in [3.8, 4) is 11.5 Å². The van der Waals surface area contributed by atoms with E-state index in [2.05, 4.69) is 21.2 Å². The average Bonchev–Trinajstić information content (AvgIpc) is 2.92. The lowest BCUT2D eigenvalue weighted by molar-refractivity contribution is -0.122. The molecule has 0 saturated carbocycles. The van der Waals surface area contributed by atoms with Gasteiger partial charge in [0.1, 0.15) is 12.2 Å². The Bertz CT molecular complexity index is 1680. The zero-order valence-corrected chi connectivity index (χ0v) is 23.3. The second kappa shape index (κ2) is 10.9. The van der Waals surface area contributed by atoms with E-state index in [-0.39, 0.29) is 5.57 Å². The van der Waals surface area contributed by atoms with Crippen LogP contribution < -0.4 is 19.7 Å². The van der Waals surface area contributed by atoms with Gasteiger partial charge in [-0.2, -0.15) is 0 Å². The number of rotatable bonds is 6. The Kier molecular flexibility index (Phi) is 7.41. The lowest BCUT2D eigenvalue weighted by atomic mass is 10.0. The van der Waals surface area contributed by atoms with Gasteiger partial charge >= 0.3 is 6.03 Å². The predicted molar refractivity (Wildman–Crippen MR) is 154 cm³/mol. The first kappa shape index (κ1) is 26.5. The summed E-state index contributed by atoms with van der Waals surface area (Å²) >= 11 is 9.73. The van der Waals surface area contributed by atoms with Gasteiger partial charge < -0.3 is 9.47 Å². The van der Waals surface area contributed by atoms with Crippen molar-refractivity contribution in [1.29, 1.82) is 0 Å². The van der Waals surface area contributed by atoms with Crippen LogP contribution in [0.25, 0.3) is 16.8 Å². The summed E-state index contributed by atoms with van der Waals surface area (Å²) in [5.74, 6) is -0.690. The zero-order valence-electron chi connectivity index (χ0n) is 21.0. The van der Waals surface area contributed by atoms with Crippen molar-refractivity contribution in [1.82, 2.24) is 5.32 Å². The fraction of sp³-hybridized carbons (Fsp3) is 0.100. The van der Waals surface area contributed by atoms with Crippen molar-refractivity contribution in [3.05, 3.63) is 105 Å². The minimum absolute atomic E-state index is 0.215. The number of hydrogen-bond donors (Lipinski definition) is 1. The third-order valence-corrected chi connectivity index (χ3v) is 7.39. The normalized spacial score (nSPS) is 14.6. The summed E-state index contributed by atoms with van der Waals surface area (Å²) in [6, 6.07) is 21.5. The van der Waals surface area contributed by atoms with E-state index in [1.807, 2.05) is 42.5 Å². The van der Waals surface area contributed by atoms with E-state index in [0.717, 1.165) is 21.2 Å². The van der Waals surface area contributed by atoms with Crippen molar-refractivity contribution < 1.29 is 23.9 Å². The SMILES string of the molecule is COc1cc(C=C2C(=O)NC(=O)N(c3cccc(Cl)c3C)C2=O)cc(Br)c1OCc1cccc2ccccc12. The number of carbonyl (C=O) groups excluding carboxylic acids is 3. The number of ether oxygens (including phenoxy) is 2. The Morgan fingerprint density at radius 2 is 1.74 bits per heavy atom. The molecule has 5 rings (SSSR count). The van der Waals surface area contributed by atoms with Gasteiger partial charge in [0.2, 0.25) is 0 Å². The number of benzene rings is 4. The second-order valence-corrected chi connectivity index (χ2v) is 10.1. The smallest absolute Gasteiger partial charge is 0.335 e. The van der Waals surface area contributed by atoms with Crippen molar-refractivity contribution in [3.63, 3.8) is 0 Å². The molecule has 4 amide bonds. The topological polar surface area (TPSA) is 84.9 Å². The average molecular weight is 606 g/mol. The number of carbonyl (C=O) groups is 3. The molecule has 1 saturated heterocycles. The van der Waals surface area contributed by atoms with Crippen LogP contribution in [0.3, 0.4) is 0 Å². The van der Waals surface area contributed by atoms with Gasteiger partial charge in [-0.25, -0.2) is 9.69 Å². The van der Waals surface area contributed by atoms with Crippen molar-refractivity contribution in [2.45, 2.75) is 13.5 Å². The molecule has 1 heterocycles. The first-order valence-electron chi connectivity index (χ1n) is 11.9. The highest BCUT2D eigenvalue weighted by Crippen LogP contribution is 2.38. The Hall–Kier alpha value is -4.14. The maximum Gasteiger partial charge on any atom is 0.335 e. The van der Waals surface area contributed by atoms with Gasteiger partial charge in [-0.15, -0.1) is 0 Å².